The van der Waals surface area contributed by atoms with Crippen molar-refractivity contribution >= 4 is 12.0 Å². The molecule has 0 saturated heterocycles. The molecule has 2 N–H and O–H groups in total. The molecule has 1 rings (SSSR count). The van der Waals surface area contributed by atoms with Crippen molar-refractivity contribution in [3.8, 4) is 5.75 Å². The number of hydrogen-bond donors (Lipinski definition) is 2. The third-order valence-corrected chi connectivity index (χ3v) is 3.12. The fourth-order valence-corrected chi connectivity index (χ4v) is 1.88. The van der Waals surface area contributed by atoms with Crippen LogP contribution in [-0.2, 0) is 16.1 Å². The molecule has 0 bridgehead atoms. The molecule has 0 radical (unpaired) electrons. The first-order chi connectivity index (χ1) is 10.5. The summed E-state index contributed by atoms with van der Waals surface area (Å²) < 4.78 is 9.90. The van der Waals surface area contributed by atoms with E-state index in [-0.39, 0.29) is 18.4 Å². The van der Waals surface area contributed by atoms with Crippen molar-refractivity contribution in [2.75, 3.05) is 13.7 Å². The van der Waals surface area contributed by atoms with E-state index in [1.54, 1.807) is 14.0 Å². The molecule has 0 spiro atoms. The van der Waals surface area contributed by atoms with Gasteiger partial charge in [0.05, 0.1) is 13.7 Å². The Morgan fingerprint density at radius 2 is 1.82 bits per heavy atom. The van der Waals surface area contributed by atoms with Gasteiger partial charge in [-0.1, -0.05) is 26.0 Å². The second-order valence-electron chi connectivity index (χ2n) is 5.15. The molecule has 22 heavy (non-hydrogen) atoms. The zero-order valence-electron chi connectivity index (χ0n) is 13.5. The van der Waals surface area contributed by atoms with Gasteiger partial charge in [-0.2, -0.15) is 0 Å². The largest absolute Gasteiger partial charge is 0.497 e. The molecular weight excluding hydrogens is 284 g/mol. The number of nitrogens with one attached hydrogen (secondary N) is 2. The summed E-state index contributed by atoms with van der Waals surface area (Å²) in [5.41, 5.74) is 0.952. The lowest BCUT2D eigenvalue weighted by Crippen LogP contribution is -2.49. The lowest BCUT2D eigenvalue weighted by molar-refractivity contribution is -0.124. The molecule has 0 aliphatic carbocycles. The highest BCUT2D eigenvalue weighted by atomic mass is 16.5. The number of ether oxygens (including phenoxy) is 2. The van der Waals surface area contributed by atoms with Crippen LogP contribution in [0.25, 0.3) is 0 Å². The summed E-state index contributed by atoms with van der Waals surface area (Å²) in [5.74, 6) is 0.484. The average Bonchev–Trinajstić information content (AvgIpc) is 2.50. The summed E-state index contributed by atoms with van der Waals surface area (Å²) in [4.78, 5) is 23.7. The molecule has 0 aliphatic heterocycles. The quantitative estimate of drug-likeness (QED) is 0.808. The number of carbonyl (C=O) groups is 2. The number of amides is 2. The minimum atomic E-state index is -0.628. The van der Waals surface area contributed by atoms with E-state index in [1.165, 1.54) is 0 Å². The van der Waals surface area contributed by atoms with Gasteiger partial charge < -0.3 is 20.1 Å². The molecule has 122 valence electrons. The number of benzene rings is 1. The molecule has 0 aromatic heterocycles. The predicted molar refractivity (Wildman–Crippen MR) is 83.6 cm³/mol. The Hall–Kier alpha value is -2.24. The van der Waals surface area contributed by atoms with E-state index in [0.717, 1.165) is 11.3 Å². The Labute approximate surface area is 131 Å². The van der Waals surface area contributed by atoms with E-state index in [2.05, 4.69) is 10.6 Å². The van der Waals surface area contributed by atoms with Crippen molar-refractivity contribution in [3.05, 3.63) is 29.8 Å². The van der Waals surface area contributed by atoms with Gasteiger partial charge in [-0.15, -0.1) is 0 Å². The van der Waals surface area contributed by atoms with Crippen LogP contribution in [0.2, 0.25) is 0 Å². The number of methoxy groups -OCH3 is 1. The first-order valence-electron chi connectivity index (χ1n) is 7.31. The highest BCUT2D eigenvalue weighted by Gasteiger charge is 2.24. The number of rotatable bonds is 7. The van der Waals surface area contributed by atoms with Gasteiger partial charge in [0.15, 0.2) is 0 Å². The van der Waals surface area contributed by atoms with E-state index in [1.807, 2.05) is 38.1 Å². The second-order valence-corrected chi connectivity index (χ2v) is 5.15. The summed E-state index contributed by atoms with van der Waals surface area (Å²) in [7, 11) is 1.60. The molecule has 1 aromatic carbocycles. The molecule has 0 unspecified atom stereocenters. The standard InChI is InChI=1S/C16H24N2O4/c1-5-22-16(20)18-14(11(2)3)15(19)17-10-12-6-8-13(21-4)9-7-12/h6-9,11,14H,5,10H2,1-4H3,(H,17,19)(H,18,20)/t14-/m0/s1. The first kappa shape index (κ1) is 17.8. The van der Waals surface area contributed by atoms with Gasteiger partial charge in [0.25, 0.3) is 0 Å². The van der Waals surface area contributed by atoms with Crippen LogP contribution in [0.4, 0.5) is 4.79 Å². The molecule has 6 nitrogen and oxygen atoms in total. The van der Waals surface area contributed by atoms with Gasteiger partial charge in [-0.05, 0) is 30.5 Å². The maximum Gasteiger partial charge on any atom is 0.407 e. The zero-order chi connectivity index (χ0) is 16.5. The van der Waals surface area contributed by atoms with Gasteiger partial charge in [0.2, 0.25) is 5.91 Å². The summed E-state index contributed by atoms with van der Waals surface area (Å²) in [5, 5.41) is 5.39. The summed E-state index contributed by atoms with van der Waals surface area (Å²) in [6.45, 7) is 6.10. The maximum absolute atomic E-state index is 12.2. The Morgan fingerprint density at radius 3 is 2.32 bits per heavy atom. The Bertz CT molecular complexity index is 485. The van der Waals surface area contributed by atoms with Crippen molar-refractivity contribution in [1.82, 2.24) is 10.6 Å². The average molecular weight is 308 g/mol. The van der Waals surface area contributed by atoms with Crippen LogP contribution in [0.15, 0.2) is 24.3 Å². The fraction of sp³-hybridized carbons (Fsp3) is 0.500. The fourth-order valence-electron chi connectivity index (χ4n) is 1.88. The molecular formula is C16H24N2O4. The van der Waals surface area contributed by atoms with E-state index in [4.69, 9.17) is 9.47 Å². The van der Waals surface area contributed by atoms with Gasteiger partial charge in [0.1, 0.15) is 11.8 Å². The minimum Gasteiger partial charge on any atom is -0.497 e. The molecule has 0 fully saturated rings. The smallest absolute Gasteiger partial charge is 0.407 e. The maximum atomic E-state index is 12.2. The highest BCUT2D eigenvalue weighted by Crippen LogP contribution is 2.11. The van der Waals surface area contributed by atoms with Gasteiger partial charge in [-0.3, -0.25) is 4.79 Å². The highest BCUT2D eigenvalue weighted by molar-refractivity contribution is 5.85. The third-order valence-electron chi connectivity index (χ3n) is 3.12. The zero-order valence-corrected chi connectivity index (χ0v) is 13.5. The van der Waals surface area contributed by atoms with Crippen LogP contribution in [0.5, 0.6) is 5.75 Å². The van der Waals surface area contributed by atoms with Crippen LogP contribution >= 0.6 is 0 Å². The predicted octanol–water partition coefficient (Wildman–Crippen LogP) is 2.08. The molecule has 0 aliphatic rings. The number of carbonyl (C=O) groups excluding carboxylic acids is 2. The SMILES string of the molecule is CCOC(=O)N[C@H](C(=O)NCc1ccc(OC)cc1)C(C)C. The van der Waals surface area contributed by atoms with Crippen LogP contribution in [0.3, 0.4) is 0 Å². The number of alkyl carbamates (subject to hydrolysis) is 1. The molecule has 0 heterocycles. The van der Waals surface area contributed by atoms with Gasteiger partial charge in [0, 0.05) is 6.54 Å². The van der Waals surface area contributed by atoms with E-state index < -0.39 is 12.1 Å². The van der Waals surface area contributed by atoms with Crippen LogP contribution in [-0.4, -0.2) is 31.8 Å². The molecule has 1 aromatic rings. The van der Waals surface area contributed by atoms with Crippen molar-refractivity contribution in [2.45, 2.75) is 33.4 Å². The molecule has 1 atom stereocenters. The topological polar surface area (TPSA) is 76.7 Å². The first-order valence-corrected chi connectivity index (χ1v) is 7.31. The Balaban J connectivity index is 2.57. The van der Waals surface area contributed by atoms with Crippen LogP contribution in [0.1, 0.15) is 26.3 Å². The van der Waals surface area contributed by atoms with E-state index in [9.17, 15) is 9.59 Å². The van der Waals surface area contributed by atoms with Gasteiger partial charge >= 0.3 is 6.09 Å². The Kier molecular flexibility index (Phi) is 7.22. The third kappa shape index (κ3) is 5.63. The lowest BCUT2D eigenvalue weighted by Gasteiger charge is -2.21. The summed E-state index contributed by atoms with van der Waals surface area (Å²) >= 11 is 0. The van der Waals surface area contributed by atoms with Gasteiger partial charge in [-0.25, -0.2) is 4.79 Å². The summed E-state index contributed by atoms with van der Waals surface area (Å²) in [6, 6.07) is 6.79. The van der Waals surface area contributed by atoms with Crippen LogP contribution in [0, 0.1) is 5.92 Å². The van der Waals surface area contributed by atoms with Crippen molar-refractivity contribution in [2.24, 2.45) is 5.92 Å². The summed E-state index contributed by atoms with van der Waals surface area (Å²) in [6.07, 6.45) is -0.583. The Morgan fingerprint density at radius 1 is 1.18 bits per heavy atom. The minimum absolute atomic E-state index is 0.0414. The van der Waals surface area contributed by atoms with Crippen molar-refractivity contribution in [3.63, 3.8) is 0 Å². The number of hydrogen-bond acceptors (Lipinski definition) is 4. The molecule has 0 saturated carbocycles. The van der Waals surface area contributed by atoms with Crippen molar-refractivity contribution < 1.29 is 19.1 Å². The normalized spacial score (nSPS) is 11.7. The lowest BCUT2D eigenvalue weighted by atomic mass is 10.0. The monoisotopic (exact) mass is 308 g/mol. The van der Waals surface area contributed by atoms with E-state index in [0.29, 0.717) is 6.54 Å². The molecule has 6 heteroatoms. The second kappa shape index (κ2) is 8.92. The van der Waals surface area contributed by atoms with Crippen LogP contribution < -0.4 is 15.4 Å². The van der Waals surface area contributed by atoms with Crippen molar-refractivity contribution in [1.29, 1.82) is 0 Å². The molecule has 2 amide bonds. The van der Waals surface area contributed by atoms with E-state index >= 15 is 0 Å².